The molecule has 2 amide bonds. The van der Waals surface area contributed by atoms with Crippen LogP contribution in [-0.4, -0.2) is 47.2 Å². The molecular formula is C24H21N10O2+. The van der Waals surface area contributed by atoms with Gasteiger partial charge in [0.05, 0.1) is 6.20 Å². The molecule has 178 valence electrons. The zero-order valence-electron chi connectivity index (χ0n) is 19.3. The number of aryl methyl sites for hydroxylation is 2. The molecule has 0 saturated carbocycles. The molecule has 0 fully saturated rings. The second-order valence-corrected chi connectivity index (χ2v) is 7.99. The van der Waals surface area contributed by atoms with Crippen LogP contribution in [0.3, 0.4) is 0 Å². The molecule has 0 radical (unpaired) electrons. The van der Waals surface area contributed by atoms with Crippen LogP contribution >= 0.6 is 0 Å². The molecule has 2 aromatic carbocycles. The normalized spacial score (nSPS) is 10.7. The van der Waals surface area contributed by atoms with Crippen LogP contribution in [0.1, 0.15) is 32.4 Å². The Kier molecular flexibility index (Phi) is 5.97. The van der Waals surface area contributed by atoms with Gasteiger partial charge in [-0.05, 0) is 26.0 Å². The van der Waals surface area contributed by atoms with E-state index >= 15 is 0 Å². The number of carbonyl (C=O) groups excluding carboxylic acids is 2. The van der Waals surface area contributed by atoms with Gasteiger partial charge in [0.2, 0.25) is 17.5 Å². The maximum Gasteiger partial charge on any atom is 0.398 e. The number of amides is 2. The second-order valence-electron chi connectivity index (χ2n) is 7.99. The minimum Gasteiger partial charge on any atom is -0.290 e. The Morgan fingerprint density at radius 1 is 0.750 bits per heavy atom. The number of carbonyl (C=O) groups is 2. The number of aromatic amines is 3. The lowest BCUT2D eigenvalue weighted by Gasteiger charge is -1.99. The van der Waals surface area contributed by atoms with Gasteiger partial charge in [-0.2, -0.15) is 10.2 Å². The highest BCUT2D eigenvalue weighted by atomic mass is 16.2. The quantitative estimate of drug-likeness (QED) is 0.289. The van der Waals surface area contributed by atoms with E-state index in [0.717, 1.165) is 22.3 Å². The van der Waals surface area contributed by atoms with Crippen molar-refractivity contribution >= 4 is 23.6 Å². The van der Waals surface area contributed by atoms with Gasteiger partial charge in [-0.15, -0.1) is 0 Å². The molecule has 12 heteroatoms. The number of nitrogens with one attached hydrogen (secondary N) is 5. The van der Waals surface area contributed by atoms with Crippen LogP contribution in [0.15, 0.2) is 60.8 Å². The summed E-state index contributed by atoms with van der Waals surface area (Å²) in [6.07, 6.45) is 1.52. The van der Waals surface area contributed by atoms with Crippen molar-refractivity contribution in [1.29, 1.82) is 0 Å². The molecule has 3 heterocycles. The van der Waals surface area contributed by atoms with Crippen molar-refractivity contribution in [2.75, 3.05) is 10.6 Å². The van der Waals surface area contributed by atoms with Gasteiger partial charge in [0.25, 0.3) is 5.91 Å². The first-order valence-corrected chi connectivity index (χ1v) is 10.9. The van der Waals surface area contributed by atoms with Crippen molar-refractivity contribution in [3.05, 3.63) is 83.6 Å². The summed E-state index contributed by atoms with van der Waals surface area (Å²) >= 11 is 0. The molecule has 12 nitrogen and oxygen atoms in total. The van der Waals surface area contributed by atoms with Gasteiger partial charge < -0.3 is 0 Å². The van der Waals surface area contributed by atoms with Crippen LogP contribution in [0.4, 0.5) is 11.8 Å². The van der Waals surface area contributed by atoms with Crippen molar-refractivity contribution in [2.24, 2.45) is 0 Å². The highest BCUT2D eigenvalue weighted by Gasteiger charge is 2.21. The summed E-state index contributed by atoms with van der Waals surface area (Å²) in [6, 6.07) is 16.8. The van der Waals surface area contributed by atoms with Crippen molar-refractivity contribution in [1.82, 2.24) is 35.3 Å². The van der Waals surface area contributed by atoms with Crippen molar-refractivity contribution < 1.29 is 14.6 Å². The molecule has 0 aliphatic rings. The van der Waals surface area contributed by atoms with Gasteiger partial charge in [-0.25, -0.2) is 25.1 Å². The summed E-state index contributed by atoms with van der Waals surface area (Å²) < 4.78 is 0. The Hall–Kier alpha value is -5.26. The molecule has 0 aliphatic carbocycles. The van der Waals surface area contributed by atoms with Gasteiger partial charge >= 0.3 is 11.9 Å². The van der Waals surface area contributed by atoms with Gasteiger partial charge in [0.15, 0.2) is 11.6 Å². The smallest absolute Gasteiger partial charge is 0.290 e. The van der Waals surface area contributed by atoms with Crippen LogP contribution in [0.25, 0.3) is 22.8 Å². The molecule has 5 N–H and O–H groups in total. The molecule has 0 aliphatic heterocycles. The highest BCUT2D eigenvalue weighted by Crippen LogP contribution is 2.17. The molecule has 0 unspecified atom stereocenters. The van der Waals surface area contributed by atoms with Crippen LogP contribution in [0.2, 0.25) is 0 Å². The van der Waals surface area contributed by atoms with Crippen LogP contribution < -0.4 is 15.6 Å². The third kappa shape index (κ3) is 4.97. The summed E-state index contributed by atoms with van der Waals surface area (Å²) in [5.41, 5.74) is 3.69. The third-order valence-electron chi connectivity index (χ3n) is 5.12. The lowest BCUT2D eigenvalue weighted by molar-refractivity contribution is -0.364. The Balaban J connectivity index is 1.25. The van der Waals surface area contributed by atoms with Crippen molar-refractivity contribution in [3.63, 3.8) is 0 Å². The molecule has 36 heavy (non-hydrogen) atoms. The lowest BCUT2D eigenvalue weighted by atomic mass is 10.1. The topological polar surface area (TPSA) is 168 Å². The van der Waals surface area contributed by atoms with E-state index in [9.17, 15) is 9.59 Å². The molecule has 0 saturated heterocycles. The second kappa shape index (κ2) is 9.54. The molecule has 0 atom stereocenters. The molecule has 3 aromatic heterocycles. The summed E-state index contributed by atoms with van der Waals surface area (Å²) in [5, 5.41) is 18.7. The monoisotopic (exact) mass is 481 g/mol. The van der Waals surface area contributed by atoms with E-state index in [1.807, 2.05) is 62.4 Å². The van der Waals surface area contributed by atoms with E-state index in [-0.39, 0.29) is 23.4 Å². The van der Waals surface area contributed by atoms with Crippen LogP contribution in [0.5, 0.6) is 0 Å². The fourth-order valence-corrected chi connectivity index (χ4v) is 3.42. The summed E-state index contributed by atoms with van der Waals surface area (Å²) in [7, 11) is 0. The van der Waals surface area contributed by atoms with E-state index in [4.69, 9.17) is 0 Å². The summed E-state index contributed by atoms with van der Waals surface area (Å²) in [6.45, 7) is 3.92. The Morgan fingerprint density at radius 3 is 1.86 bits per heavy atom. The predicted molar refractivity (Wildman–Crippen MR) is 130 cm³/mol. The molecular weight excluding hydrogens is 460 g/mol. The number of nitrogens with zero attached hydrogens (tertiary/aromatic N) is 5. The maximum absolute atomic E-state index is 12.6. The lowest BCUT2D eigenvalue weighted by Crippen LogP contribution is -2.23. The standard InChI is InChI=1S/C24H20N10O2/c1-13-5-3-7-15(11-13)18-28-20(33-31-18)22(35)26-17-9-10-25-24(27-17)30-23(36)21-29-19(32-34-21)16-8-4-6-14(2)12-16/h3-12H,1-2H3,(H,28,31,33)(H,29,32,34)(H2,25,26,27,30,35,36)/p+1. The molecule has 0 bridgehead atoms. The SMILES string of the molecule is Cc1cccc(-c2n[nH]c(C(=O)Nc3cc[nH+]c(NC(=O)c4nc(-c5cccc(C)c5)n[nH]4)n3)n2)c1. The van der Waals surface area contributed by atoms with Crippen molar-refractivity contribution in [2.45, 2.75) is 13.8 Å². The average Bonchev–Trinajstić information content (AvgIpc) is 3.55. The number of H-pyrrole nitrogens is 3. The first-order chi connectivity index (χ1) is 17.4. The number of hydrogen-bond acceptors (Lipinski definition) is 7. The van der Waals surface area contributed by atoms with E-state index in [1.54, 1.807) is 0 Å². The molecule has 0 spiro atoms. The molecule has 5 rings (SSSR count). The van der Waals surface area contributed by atoms with E-state index in [1.165, 1.54) is 12.3 Å². The number of anilines is 2. The number of rotatable bonds is 6. The van der Waals surface area contributed by atoms with Gasteiger partial charge in [0.1, 0.15) is 0 Å². The summed E-state index contributed by atoms with van der Waals surface area (Å²) in [4.78, 5) is 40.8. The minimum atomic E-state index is -0.549. The zero-order chi connectivity index (χ0) is 25.1. The first kappa shape index (κ1) is 22.5. The Labute approximate surface area is 204 Å². The largest absolute Gasteiger partial charge is 0.398 e. The number of benzene rings is 2. The number of hydrogen-bond donors (Lipinski definition) is 4. The number of aromatic nitrogens is 8. The van der Waals surface area contributed by atoms with E-state index in [2.05, 4.69) is 51.0 Å². The zero-order valence-corrected chi connectivity index (χ0v) is 19.3. The van der Waals surface area contributed by atoms with E-state index in [0.29, 0.717) is 11.6 Å². The Bertz CT molecular complexity index is 1460. The van der Waals surface area contributed by atoms with Crippen LogP contribution in [-0.2, 0) is 0 Å². The van der Waals surface area contributed by atoms with Crippen molar-refractivity contribution in [3.8, 4) is 22.8 Å². The molecule has 5 aromatic rings. The summed E-state index contributed by atoms with van der Waals surface area (Å²) in [5.74, 6) is 0.0626. The van der Waals surface area contributed by atoms with Gasteiger partial charge in [-0.1, -0.05) is 52.5 Å². The highest BCUT2D eigenvalue weighted by molar-refractivity contribution is 6.02. The maximum atomic E-state index is 12.6. The van der Waals surface area contributed by atoms with Gasteiger partial charge in [0, 0.05) is 17.2 Å². The Morgan fingerprint density at radius 2 is 1.31 bits per heavy atom. The average molecular weight is 482 g/mol. The van der Waals surface area contributed by atoms with Gasteiger partial charge in [-0.3, -0.25) is 20.3 Å². The van der Waals surface area contributed by atoms with E-state index < -0.39 is 11.8 Å². The minimum absolute atomic E-state index is 0.0153. The third-order valence-corrected chi connectivity index (χ3v) is 5.12. The first-order valence-electron chi connectivity index (χ1n) is 10.9. The fourth-order valence-electron chi connectivity index (χ4n) is 3.42. The predicted octanol–water partition coefficient (Wildman–Crippen LogP) is 2.59. The fraction of sp³-hybridized carbons (Fsp3) is 0.0833. The van der Waals surface area contributed by atoms with Crippen LogP contribution in [0, 0.1) is 13.8 Å².